The summed E-state index contributed by atoms with van der Waals surface area (Å²) < 4.78 is 0. The number of benzene rings is 2. The van der Waals surface area contributed by atoms with Gasteiger partial charge >= 0.3 is 185 Å². The molecule has 1 radical (unpaired) electrons. The van der Waals surface area contributed by atoms with Crippen molar-refractivity contribution in [2.45, 2.75) is 94.0 Å². The van der Waals surface area contributed by atoms with Crippen LogP contribution in [0, 0.1) is 6.92 Å². The molecule has 0 bridgehead atoms. The number of rotatable bonds is 13. The van der Waals surface area contributed by atoms with Crippen LogP contribution in [0.15, 0.2) is 89.7 Å². The molecule has 7 heteroatoms. The van der Waals surface area contributed by atoms with Gasteiger partial charge in [0.25, 0.3) is 0 Å². The molecule has 46 heavy (non-hydrogen) atoms. The maximum atomic E-state index is 12.7. The average molecular weight is 627 g/mol. The number of hydrogen-bond acceptors (Lipinski definition) is 4. The van der Waals surface area contributed by atoms with E-state index in [1.54, 1.807) is 18.0 Å². The molecule has 2 aromatic carbocycles. The number of nitrogens with one attached hydrogen (secondary N) is 2. The van der Waals surface area contributed by atoms with E-state index in [4.69, 9.17) is 7.49 Å². The molecule has 0 spiro atoms. The quantitative estimate of drug-likeness (QED) is 0.101. The predicted molar refractivity (Wildman–Crippen MR) is 207 cm³/mol. The third-order valence-electron chi connectivity index (χ3n) is 7.26. The van der Waals surface area contributed by atoms with Gasteiger partial charge in [0.2, 0.25) is 0 Å². The molecule has 0 atom stereocenters. The van der Waals surface area contributed by atoms with Gasteiger partial charge in [-0.1, -0.05) is 61.3 Å². The Morgan fingerprint density at radius 1 is 1.00 bits per heavy atom. The molecule has 2 aromatic rings. The van der Waals surface area contributed by atoms with Gasteiger partial charge < -0.3 is 0 Å². The second-order valence-corrected chi connectivity index (χ2v) is 10.5. The van der Waals surface area contributed by atoms with Crippen LogP contribution in [-0.4, -0.2) is 62.8 Å². The SMILES string of the molecule is CC.CC.CCCC.[B]=C(/C(C(=NC=C)Nc1ccc(N(C)C(=O)/C=C/CN(CC)C2CC2)cc1)=C(/C)NC)c1ccc(C)cc1. The normalized spacial score (nSPS) is 12.7. The summed E-state index contributed by atoms with van der Waals surface area (Å²) in [5.41, 5.74) is 5.90. The molecule has 1 saturated carbocycles. The Hall–Kier alpha value is -3.71. The standard InChI is InChI=1S/C31H39BN5O.C4H10.2C2H6/c1-7-34-31(29(23(4)33-5)30(32)24-13-11-22(3)12-14-24)35-25-15-17-26(18-16-25)36(6)28(38)10-9-21-37(8-2)27-19-20-27;1-3-4-2;2*1-2/h7,9-18,27,33H,1,8,19-21H2,2-6H3,(H,34,35);3-4H2,1-2H3;2*1-2H3/b10-9+,29-23+;;;. The fraction of sp³-hybridized carbons (Fsp3) is 0.462. The Morgan fingerprint density at radius 2 is 1.57 bits per heavy atom. The van der Waals surface area contributed by atoms with Crippen molar-refractivity contribution >= 4 is 36.1 Å². The molecule has 0 aromatic heterocycles. The summed E-state index contributed by atoms with van der Waals surface area (Å²) in [5.74, 6) is 0.517. The van der Waals surface area contributed by atoms with Crippen LogP contribution in [-0.2, 0) is 4.79 Å². The van der Waals surface area contributed by atoms with Crippen LogP contribution < -0.4 is 15.5 Å². The van der Waals surface area contributed by atoms with Gasteiger partial charge in [-0.05, 0) is 19.4 Å². The van der Waals surface area contributed by atoms with Crippen LogP contribution in [0.25, 0.3) is 0 Å². The molecule has 1 aliphatic rings. The van der Waals surface area contributed by atoms with Crippen molar-refractivity contribution in [3.8, 4) is 0 Å². The van der Waals surface area contributed by atoms with Gasteiger partial charge in [-0.2, -0.15) is 0 Å². The molecule has 3 rings (SSSR count). The summed E-state index contributed by atoms with van der Waals surface area (Å²) in [6.45, 7) is 24.1. The van der Waals surface area contributed by atoms with Gasteiger partial charge in [0, 0.05) is 12.6 Å². The minimum atomic E-state index is -0.0539. The number of allylic oxidation sites excluding steroid dienone is 1. The molecule has 0 saturated heterocycles. The van der Waals surface area contributed by atoms with Crippen LogP contribution in [0.5, 0.6) is 0 Å². The summed E-state index contributed by atoms with van der Waals surface area (Å²) in [5, 5.41) is 6.57. The van der Waals surface area contributed by atoms with Crippen molar-refractivity contribution in [1.29, 1.82) is 0 Å². The van der Waals surface area contributed by atoms with Crippen molar-refractivity contribution in [3.05, 3.63) is 95.9 Å². The van der Waals surface area contributed by atoms with E-state index in [1.807, 2.05) is 103 Å². The number of aryl methyl sites for hydroxylation is 1. The first-order chi connectivity index (χ1) is 22.2. The molecule has 0 heterocycles. The molecular weight excluding hydrogens is 565 g/mol. The molecule has 0 aliphatic heterocycles. The van der Waals surface area contributed by atoms with Crippen LogP contribution >= 0.6 is 0 Å². The van der Waals surface area contributed by atoms with E-state index in [-0.39, 0.29) is 5.91 Å². The number of carbonyl (C=O) groups is 1. The zero-order valence-electron chi connectivity index (χ0n) is 30.7. The van der Waals surface area contributed by atoms with Crippen molar-refractivity contribution < 1.29 is 4.79 Å². The molecular formula is C39H61BN5O. The molecule has 2 N–H and O–H groups in total. The van der Waals surface area contributed by atoms with Crippen LogP contribution in [0.2, 0.25) is 0 Å². The first kappa shape index (κ1) is 42.3. The second kappa shape index (κ2) is 24.5. The van der Waals surface area contributed by atoms with Crippen molar-refractivity contribution in [3.63, 3.8) is 0 Å². The van der Waals surface area contributed by atoms with Crippen LogP contribution in [0.3, 0.4) is 0 Å². The van der Waals surface area contributed by atoms with Gasteiger partial charge in [-0.3, -0.25) is 4.90 Å². The fourth-order valence-electron chi connectivity index (χ4n) is 4.17. The fourth-order valence-corrected chi connectivity index (χ4v) is 4.17. The van der Waals surface area contributed by atoms with Gasteiger partial charge in [0.15, 0.2) is 0 Å². The van der Waals surface area contributed by atoms with E-state index in [9.17, 15) is 4.79 Å². The molecule has 1 amide bonds. The average Bonchev–Trinajstić information content (AvgIpc) is 3.94. The molecule has 0 unspecified atom stereocenters. The van der Waals surface area contributed by atoms with E-state index < -0.39 is 0 Å². The number of amidine groups is 1. The van der Waals surface area contributed by atoms with Crippen molar-refractivity contribution in [2.24, 2.45) is 4.99 Å². The van der Waals surface area contributed by atoms with Gasteiger partial charge in [0.05, 0.1) is 0 Å². The van der Waals surface area contributed by atoms with Crippen molar-refractivity contribution in [2.75, 3.05) is 37.4 Å². The Bertz CT molecular complexity index is 1260. The predicted octanol–water partition coefficient (Wildman–Crippen LogP) is 8.69. The molecule has 251 valence electrons. The van der Waals surface area contributed by atoms with Gasteiger partial charge in [-0.25, -0.2) is 0 Å². The molecule has 1 aliphatic carbocycles. The number of anilines is 2. The second-order valence-electron chi connectivity index (χ2n) is 10.5. The van der Waals surface area contributed by atoms with Gasteiger partial charge in [-0.15, -0.1) is 0 Å². The molecule has 1 fully saturated rings. The van der Waals surface area contributed by atoms with Crippen LogP contribution in [0.4, 0.5) is 11.4 Å². The third kappa shape index (κ3) is 14.6. The topological polar surface area (TPSA) is 60.0 Å². The number of carbonyl (C=O) groups excluding carboxylic acids is 1. The van der Waals surface area contributed by atoms with E-state index >= 15 is 0 Å². The zero-order chi connectivity index (χ0) is 35.1. The van der Waals surface area contributed by atoms with Crippen LogP contribution in [0.1, 0.15) is 92.2 Å². The Morgan fingerprint density at radius 3 is 2.02 bits per heavy atom. The molecule has 6 nitrogen and oxygen atoms in total. The van der Waals surface area contributed by atoms with E-state index in [2.05, 4.69) is 47.9 Å². The minimum absolute atomic E-state index is 0.0539. The first-order valence-corrected chi connectivity index (χ1v) is 17.0. The number of nitrogens with zero attached hydrogens (tertiary/aromatic N) is 3. The Kier molecular flexibility index (Phi) is 22.5. The maximum absolute atomic E-state index is 12.7. The van der Waals surface area contributed by atoms with E-state index in [0.717, 1.165) is 46.9 Å². The number of likely N-dealkylation sites (N-methyl/N-ethyl adjacent to an activating group) is 2. The number of aliphatic imine (C=N–C) groups is 1. The third-order valence-corrected chi connectivity index (χ3v) is 7.26. The summed E-state index contributed by atoms with van der Waals surface area (Å²) in [4.78, 5) is 21.3. The number of hydrogen-bond donors (Lipinski definition) is 2. The Balaban J connectivity index is 0.00000230. The van der Waals surface area contributed by atoms with Crippen molar-refractivity contribution in [1.82, 2.24) is 10.2 Å². The number of unbranched alkanes of at least 4 members (excludes halogenated alkanes) is 1. The Labute approximate surface area is 282 Å². The van der Waals surface area contributed by atoms with Gasteiger partial charge in [0.1, 0.15) is 0 Å². The summed E-state index contributed by atoms with van der Waals surface area (Å²) in [7, 11) is 10.3. The summed E-state index contributed by atoms with van der Waals surface area (Å²) >= 11 is 0. The number of amides is 1. The first-order valence-electron chi connectivity index (χ1n) is 17.0. The summed E-state index contributed by atoms with van der Waals surface area (Å²) in [6.07, 6.45) is 10.3. The summed E-state index contributed by atoms with van der Waals surface area (Å²) in [6, 6.07) is 16.4. The monoisotopic (exact) mass is 626 g/mol. The zero-order valence-corrected chi connectivity index (χ0v) is 30.7. The van der Waals surface area contributed by atoms with E-state index in [1.165, 1.54) is 31.9 Å². The van der Waals surface area contributed by atoms with E-state index in [0.29, 0.717) is 17.3 Å².